The van der Waals surface area contributed by atoms with Gasteiger partial charge in [0, 0.05) is 0 Å². The summed E-state index contributed by atoms with van der Waals surface area (Å²) in [5, 5.41) is 8.85. The van der Waals surface area contributed by atoms with E-state index in [4.69, 9.17) is 5.26 Å². The number of nitrogens with zero attached hydrogens (tertiary/aromatic N) is 2. The van der Waals surface area contributed by atoms with E-state index in [9.17, 15) is 13.6 Å². The number of carbonyl (C=O) groups excluding carboxylic acids is 1. The van der Waals surface area contributed by atoms with Gasteiger partial charge in [0.2, 0.25) is 0 Å². The van der Waals surface area contributed by atoms with Crippen molar-refractivity contribution in [2.24, 2.45) is 0 Å². The van der Waals surface area contributed by atoms with Gasteiger partial charge in [-0.15, -0.1) is 0 Å². The Kier molecular flexibility index (Phi) is 4.52. The Morgan fingerprint density at radius 2 is 2.35 bits per heavy atom. The van der Waals surface area contributed by atoms with Crippen LogP contribution in [0.25, 0.3) is 0 Å². The van der Waals surface area contributed by atoms with Crippen LogP contribution in [0.15, 0.2) is 10.7 Å². The summed E-state index contributed by atoms with van der Waals surface area (Å²) in [4.78, 5) is 14.6. The zero-order valence-electron chi connectivity index (χ0n) is 8.71. The molecule has 0 aliphatic heterocycles. The highest BCUT2D eigenvalue weighted by Crippen LogP contribution is 2.25. The van der Waals surface area contributed by atoms with Gasteiger partial charge in [0.15, 0.2) is 0 Å². The van der Waals surface area contributed by atoms with E-state index in [-0.39, 0.29) is 22.2 Å². The normalized spacial score (nSPS) is 10.1. The van der Waals surface area contributed by atoms with Crippen LogP contribution >= 0.6 is 15.9 Å². The summed E-state index contributed by atoms with van der Waals surface area (Å²) < 4.78 is 29.4. The van der Waals surface area contributed by atoms with Crippen LogP contribution in [-0.2, 0) is 16.0 Å². The number of methoxy groups -OCH3 is 1. The minimum absolute atomic E-state index is 0.00305. The molecule has 0 atom stereocenters. The average molecular weight is 305 g/mol. The van der Waals surface area contributed by atoms with Crippen molar-refractivity contribution in [1.29, 1.82) is 5.26 Å². The first kappa shape index (κ1) is 13.5. The van der Waals surface area contributed by atoms with Gasteiger partial charge in [-0.2, -0.15) is 5.26 Å². The Balaban J connectivity index is 3.25. The zero-order valence-corrected chi connectivity index (χ0v) is 10.3. The highest BCUT2D eigenvalue weighted by atomic mass is 79.9. The molecule has 1 aromatic heterocycles. The molecule has 0 aromatic carbocycles. The first-order valence-electron chi connectivity index (χ1n) is 4.44. The van der Waals surface area contributed by atoms with Crippen LogP contribution < -0.4 is 0 Å². The second kappa shape index (κ2) is 5.68. The van der Waals surface area contributed by atoms with E-state index in [0.29, 0.717) is 0 Å². The van der Waals surface area contributed by atoms with Crippen molar-refractivity contribution < 1.29 is 18.3 Å². The van der Waals surface area contributed by atoms with Crippen molar-refractivity contribution in [3.05, 3.63) is 27.5 Å². The van der Waals surface area contributed by atoms with Gasteiger partial charge in [0.05, 0.1) is 19.1 Å². The fraction of sp³-hybridized carbons (Fsp3) is 0.300. The van der Waals surface area contributed by atoms with Crippen LogP contribution in [0, 0.1) is 11.3 Å². The van der Waals surface area contributed by atoms with Gasteiger partial charge in [0.1, 0.15) is 16.4 Å². The summed E-state index contributed by atoms with van der Waals surface area (Å²) in [6, 6.07) is 2.83. The first-order valence-corrected chi connectivity index (χ1v) is 5.23. The van der Waals surface area contributed by atoms with Crippen LogP contribution in [0.1, 0.15) is 23.2 Å². The Morgan fingerprint density at radius 3 is 2.82 bits per heavy atom. The van der Waals surface area contributed by atoms with Crippen molar-refractivity contribution in [3.63, 3.8) is 0 Å². The van der Waals surface area contributed by atoms with Gasteiger partial charge in [-0.3, -0.25) is 4.79 Å². The molecule has 90 valence electrons. The molecule has 0 N–H and O–H groups in total. The van der Waals surface area contributed by atoms with E-state index in [0.717, 1.165) is 6.07 Å². The molecule has 0 fully saturated rings. The summed E-state index contributed by atoms with van der Waals surface area (Å²) in [5.41, 5.74) is -0.272. The van der Waals surface area contributed by atoms with Crippen molar-refractivity contribution in [1.82, 2.24) is 4.98 Å². The molecule has 0 aliphatic carbocycles. The molecular weight excluding hydrogens is 298 g/mol. The number of rotatable bonds is 3. The largest absolute Gasteiger partial charge is 0.469 e. The standard InChI is InChI=1S/C10H7BrF2N2O2/c1-17-8(16)3-5-2-7(10(12)13)15-9(11)6(5)4-14/h2,10H,3H2,1H3. The lowest BCUT2D eigenvalue weighted by molar-refractivity contribution is -0.139. The van der Waals surface area contributed by atoms with Gasteiger partial charge >= 0.3 is 5.97 Å². The molecule has 1 heterocycles. The predicted octanol–water partition coefficient (Wildman–Crippen LogP) is 2.37. The number of aromatic nitrogens is 1. The Labute approximate surface area is 104 Å². The SMILES string of the molecule is COC(=O)Cc1cc(C(F)F)nc(Br)c1C#N. The number of ether oxygens (including phenoxy) is 1. The summed E-state index contributed by atoms with van der Waals surface area (Å²) in [6.07, 6.45) is -3.02. The molecule has 0 amide bonds. The van der Waals surface area contributed by atoms with Crippen LogP contribution in [-0.4, -0.2) is 18.1 Å². The monoisotopic (exact) mass is 304 g/mol. The number of hydrogen-bond acceptors (Lipinski definition) is 4. The number of alkyl halides is 2. The third-order valence-electron chi connectivity index (χ3n) is 1.97. The summed E-state index contributed by atoms with van der Waals surface area (Å²) in [6.45, 7) is 0. The molecule has 7 heteroatoms. The minimum atomic E-state index is -2.77. The van der Waals surface area contributed by atoms with E-state index in [1.807, 2.05) is 0 Å². The second-order valence-corrected chi connectivity index (χ2v) is 3.79. The molecule has 0 aliphatic rings. The summed E-state index contributed by atoms with van der Waals surface area (Å²) >= 11 is 2.92. The quantitative estimate of drug-likeness (QED) is 0.635. The maximum Gasteiger partial charge on any atom is 0.310 e. The highest BCUT2D eigenvalue weighted by molar-refractivity contribution is 9.10. The molecule has 0 saturated carbocycles. The fourth-order valence-electron chi connectivity index (χ4n) is 1.18. The van der Waals surface area contributed by atoms with Gasteiger partial charge in [-0.25, -0.2) is 13.8 Å². The lowest BCUT2D eigenvalue weighted by Crippen LogP contribution is -2.08. The molecule has 0 spiro atoms. The molecule has 0 unspecified atom stereocenters. The number of esters is 1. The van der Waals surface area contributed by atoms with Gasteiger partial charge < -0.3 is 4.74 Å². The molecule has 0 saturated heterocycles. The van der Waals surface area contributed by atoms with Crippen LogP contribution in [0.4, 0.5) is 8.78 Å². The van der Waals surface area contributed by atoms with Crippen molar-refractivity contribution >= 4 is 21.9 Å². The second-order valence-electron chi connectivity index (χ2n) is 3.04. The van der Waals surface area contributed by atoms with E-state index in [2.05, 4.69) is 25.7 Å². The van der Waals surface area contributed by atoms with Gasteiger partial charge in [-0.1, -0.05) is 0 Å². The van der Waals surface area contributed by atoms with Crippen LogP contribution in [0.5, 0.6) is 0 Å². The summed E-state index contributed by atoms with van der Waals surface area (Å²) in [7, 11) is 1.18. The van der Waals surface area contributed by atoms with Gasteiger partial charge in [0.25, 0.3) is 6.43 Å². The van der Waals surface area contributed by atoms with Crippen LogP contribution in [0.2, 0.25) is 0 Å². The number of nitriles is 1. The number of carbonyl (C=O) groups is 1. The van der Waals surface area contributed by atoms with Crippen molar-refractivity contribution in [2.75, 3.05) is 7.11 Å². The topological polar surface area (TPSA) is 63.0 Å². The molecular formula is C10H7BrF2N2O2. The maximum atomic E-state index is 12.5. The molecule has 0 bridgehead atoms. The Morgan fingerprint density at radius 1 is 1.71 bits per heavy atom. The molecule has 17 heavy (non-hydrogen) atoms. The average Bonchev–Trinajstić information content (AvgIpc) is 2.28. The van der Waals surface area contributed by atoms with Crippen molar-refractivity contribution in [2.45, 2.75) is 12.8 Å². The summed E-state index contributed by atoms with van der Waals surface area (Å²) in [5.74, 6) is -0.611. The third kappa shape index (κ3) is 3.20. The first-order chi connectivity index (χ1) is 7.99. The minimum Gasteiger partial charge on any atom is -0.469 e. The predicted molar refractivity (Wildman–Crippen MR) is 57.3 cm³/mol. The number of hydrogen-bond donors (Lipinski definition) is 0. The Bertz CT molecular complexity index is 486. The third-order valence-corrected chi connectivity index (χ3v) is 2.55. The highest BCUT2D eigenvalue weighted by Gasteiger charge is 2.18. The van der Waals surface area contributed by atoms with Crippen LogP contribution in [0.3, 0.4) is 0 Å². The fourth-order valence-corrected chi connectivity index (χ4v) is 1.73. The number of halogens is 3. The molecule has 0 radical (unpaired) electrons. The van der Waals surface area contributed by atoms with E-state index < -0.39 is 18.1 Å². The van der Waals surface area contributed by atoms with Gasteiger partial charge in [-0.05, 0) is 27.6 Å². The van der Waals surface area contributed by atoms with Crippen molar-refractivity contribution in [3.8, 4) is 6.07 Å². The maximum absolute atomic E-state index is 12.5. The zero-order chi connectivity index (χ0) is 13.0. The van der Waals surface area contributed by atoms with E-state index in [1.165, 1.54) is 7.11 Å². The Hall–Kier alpha value is -1.55. The number of pyridine rings is 1. The molecule has 1 rings (SSSR count). The van der Waals surface area contributed by atoms with E-state index in [1.54, 1.807) is 6.07 Å². The lowest BCUT2D eigenvalue weighted by atomic mass is 10.1. The smallest absolute Gasteiger partial charge is 0.310 e. The lowest BCUT2D eigenvalue weighted by Gasteiger charge is -2.07. The molecule has 1 aromatic rings. The van der Waals surface area contributed by atoms with E-state index >= 15 is 0 Å². The molecule has 4 nitrogen and oxygen atoms in total.